The van der Waals surface area contributed by atoms with Crippen molar-refractivity contribution in [2.24, 2.45) is 5.92 Å². The van der Waals surface area contributed by atoms with Crippen molar-refractivity contribution in [3.8, 4) is 0 Å². The van der Waals surface area contributed by atoms with Crippen LogP contribution in [0.2, 0.25) is 0 Å². The molecule has 1 saturated carbocycles. The van der Waals surface area contributed by atoms with Crippen LogP contribution in [0.3, 0.4) is 0 Å². The zero-order valence-corrected chi connectivity index (χ0v) is 11.6. The predicted molar refractivity (Wildman–Crippen MR) is 77.6 cm³/mol. The molecule has 0 amide bonds. The van der Waals surface area contributed by atoms with Crippen molar-refractivity contribution in [2.45, 2.75) is 51.0 Å². The molecule has 4 heteroatoms. The minimum absolute atomic E-state index is 0.449. The summed E-state index contributed by atoms with van der Waals surface area (Å²) in [5.41, 5.74) is 2.04. The van der Waals surface area contributed by atoms with Gasteiger partial charge in [-0.25, -0.2) is 4.79 Å². The first-order valence-corrected chi connectivity index (χ1v) is 7.53. The Kier molecular flexibility index (Phi) is 3.92. The molecule has 4 nitrogen and oxygen atoms in total. The van der Waals surface area contributed by atoms with Crippen LogP contribution in [-0.4, -0.2) is 10.1 Å². The van der Waals surface area contributed by atoms with E-state index in [4.69, 9.17) is 4.42 Å². The summed E-state index contributed by atoms with van der Waals surface area (Å²) >= 11 is 0. The molecule has 0 bridgehead atoms. The number of aromatic nitrogens is 1. The van der Waals surface area contributed by atoms with Crippen LogP contribution in [0.25, 0.3) is 11.1 Å². The van der Waals surface area contributed by atoms with Crippen LogP contribution >= 0.6 is 0 Å². The van der Waals surface area contributed by atoms with Crippen molar-refractivity contribution in [1.29, 1.82) is 0 Å². The first kappa shape index (κ1) is 13.4. The Morgan fingerprint density at radius 3 is 2.75 bits per heavy atom. The van der Waals surface area contributed by atoms with E-state index in [2.05, 4.69) is 4.98 Å². The first-order valence-electron chi connectivity index (χ1n) is 7.53. The standard InChI is InChI=1S/C16H21NO3/c18-14(9-11-5-3-1-2-4-6-11)12-7-8-13-15(10-12)20-16(19)17-13/h7-8,10-11,14,18H,1-6,9H2,(H,17,19). The van der Waals surface area contributed by atoms with E-state index in [1.54, 1.807) is 12.1 Å². The lowest BCUT2D eigenvalue weighted by atomic mass is 9.91. The summed E-state index contributed by atoms with van der Waals surface area (Å²) in [5.74, 6) is 0.164. The molecule has 1 aliphatic rings. The largest absolute Gasteiger partial charge is 0.417 e. The quantitative estimate of drug-likeness (QED) is 0.842. The van der Waals surface area contributed by atoms with Crippen molar-refractivity contribution < 1.29 is 9.52 Å². The van der Waals surface area contributed by atoms with Gasteiger partial charge in [0.2, 0.25) is 0 Å². The number of hydrogen-bond donors (Lipinski definition) is 2. The molecule has 108 valence electrons. The second-order valence-corrected chi connectivity index (χ2v) is 5.88. The van der Waals surface area contributed by atoms with E-state index >= 15 is 0 Å². The Labute approximate surface area is 117 Å². The third-order valence-corrected chi connectivity index (χ3v) is 4.36. The van der Waals surface area contributed by atoms with Crippen molar-refractivity contribution in [1.82, 2.24) is 4.98 Å². The van der Waals surface area contributed by atoms with Crippen LogP contribution in [0.5, 0.6) is 0 Å². The maximum absolute atomic E-state index is 11.1. The molecule has 0 spiro atoms. The molecule has 1 fully saturated rings. The molecule has 2 N–H and O–H groups in total. The molecule has 1 aromatic heterocycles. The molecule has 3 rings (SSSR count). The Morgan fingerprint density at radius 2 is 2.00 bits per heavy atom. The normalized spacial score (nSPS) is 19.1. The Hall–Kier alpha value is -1.55. The second-order valence-electron chi connectivity index (χ2n) is 5.88. The minimum atomic E-state index is -0.470. The van der Waals surface area contributed by atoms with Crippen LogP contribution in [0.1, 0.15) is 56.6 Å². The fourth-order valence-electron chi connectivity index (χ4n) is 3.22. The summed E-state index contributed by atoms with van der Waals surface area (Å²) in [6.45, 7) is 0. The van der Waals surface area contributed by atoms with Gasteiger partial charge in [0, 0.05) is 0 Å². The van der Waals surface area contributed by atoms with Crippen molar-refractivity contribution in [3.05, 3.63) is 34.3 Å². The maximum atomic E-state index is 11.1. The summed E-state index contributed by atoms with van der Waals surface area (Å²) < 4.78 is 5.05. The molecule has 2 aromatic rings. The maximum Gasteiger partial charge on any atom is 0.417 e. The van der Waals surface area contributed by atoms with E-state index in [1.807, 2.05) is 6.07 Å². The van der Waals surface area contributed by atoms with Gasteiger partial charge in [0.1, 0.15) is 0 Å². The van der Waals surface area contributed by atoms with Gasteiger partial charge >= 0.3 is 5.76 Å². The SMILES string of the molecule is O=c1[nH]c2ccc(C(O)CC3CCCCCC3)cc2o1. The fourth-order valence-corrected chi connectivity index (χ4v) is 3.22. The van der Waals surface area contributed by atoms with Gasteiger partial charge in [0.15, 0.2) is 5.58 Å². The molecule has 1 heterocycles. The summed E-state index contributed by atoms with van der Waals surface area (Å²) in [6.07, 6.45) is 7.99. The number of hydrogen-bond acceptors (Lipinski definition) is 3. The third-order valence-electron chi connectivity index (χ3n) is 4.36. The molecule has 1 aromatic carbocycles. The topological polar surface area (TPSA) is 66.2 Å². The molecule has 1 unspecified atom stereocenters. The molecule has 20 heavy (non-hydrogen) atoms. The number of fused-ring (bicyclic) bond motifs is 1. The Balaban J connectivity index is 1.73. The van der Waals surface area contributed by atoms with Crippen LogP contribution in [0.4, 0.5) is 0 Å². The summed E-state index contributed by atoms with van der Waals surface area (Å²) in [7, 11) is 0. The van der Waals surface area contributed by atoms with E-state index < -0.39 is 11.9 Å². The van der Waals surface area contributed by atoms with Crippen LogP contribution < -0.4 is 5.76 Å². The van der Waals surface area contributed by atoms with E-state index in [1.165, 1.54) is 38.5 Å². The van der Waals surface area contributed by atoms with Crippen molar-refractivity contribution in [3.63, 3.8) is 0 Å². The lowest BCUT2D eigenvalue weighted by Crippen LogP contribution is -2.07. The molecule has 0 aliphatic heterocycles. The molecular formula is C16H21NO3. The van der Waals surface area contributed by atoms with Crippen molar-refractivity contribution >= 4 is 11.1 Å². The van der Waals surface area contributed by atoms with Crippen molar-refractivity contribution in [2.75, 3.05) is 0 Å². The average Bonchev–Trinajstić information content (AvgIpc) is 2.62. The van der Waals surface area contributed by atoms with Gasteiger partial charge in [-0.05, 0) is 30.0 Å². The van der Waals surface area contributed by atoms with Gasteiger partial charge in [0.05, 0.1) is 11.6 Å². The predicted octanol–water partition coefficient (Wildman–Crippen LogP) is 3.52. The highest BCUT2D eigenvalue weighted by Gasteiger charge is 2.18. The van der Waals surface area contributed by atoms with Crippen LogP contribution in [0.15, 0.2) is 27.4 Å². The van der Waals surface area contributed by atoms with E-state index in [-0.39, 0.29) is 0 Å². The number of aliphatic hydroxyl groups excluding tert-OH is 1. The molecule has 0 saturated heterocycles. The van der Waals surface area contributed by atoms with Gasteiger partial charge in [-0.15, -0.1) is 0 Å². The lowest BCUT2D eigenvalue weighted by Gasteiger charge is -2.18. The highest BCUT2D eigenvalue weighted by Crippen LogP contribution is 2.31. The number of oxazole rings is 1. The van der Waals surface area contributed by atoms with Gasteiger partial charge in [-0.2, -0.15) is 0 Å². The zero-order chi connectivity index (χ0) is 13.9. The summed E-state index contributed by atoms with van der Waals surface area (Å²) in [4.78, 5) is 13.8. The highest BCUT2D eigenvalue weighted by molar-refractivity contribution is 5.72. The van der Waals surface area contributed by atoms with E-state index in [9.17, 15) is 9.90 Å². The van der Waals surface area contributed by atoms with Gasteiger partial charge in [-0.3, -0.25) is 4.98 Å². The van der Waals surface area contributed by atoms with Gasteiger partial charge in [-0.1, -0.05) is 44.6 Å². The second kappa shape index (κ2) is 5.83. The minimum Gasteiger partial charge on any atom is -0.408 e. The van der Waals surface area contributed by atoms with Gasteiger partial charge < -0.3 is 9.52 Å². The number of aliphatic hydroxyl groups is 1. The number of aromatic amines is 1. The number of benzene rings is 1. The highest BCUT2D eigenvalue weighted by atomic mass is 16.4. The van der Waals surface area contributed by atoms with E-state index in [0.29, 0.717) is 17.0 Å². The third kappa shape index (κ3) is 2.96. The smallest absolute Gasteiger partial charge is 0.408 e. The average molecular weight is 275 g/mol. The Bertz CT molecular complexity index is 620. The molecule has 1 aliphatic carbocycles. The Morgan fingerprint density at radius 1 is 1.25 bits per heavy atom. The summed E-state index contributed by atoms with van der Waals surface area (Å²) in [6, 6.07) is 5.44. The first-order chi connectivity index (χ1) is 9.72. The zero-order valence-electron chi connectivity index (χ0n) is 11.6. The number of rotatable bonds is 3. The van der Waals surface area contributed by atoms with E-state index in [0.717, 1.165) is 12.0 Å². The lowest BCUT2D eigenvalue weighted by molar-refractivity contribution is 0.139. The van der Waals surface area contributed by atoms with Crippen LogP contribution in [0, 0.1) is 5.92 Å². The molecule has 1 atom stereocenters. The fraction of sp³-hybridized carbons (Fsp3) is 0.562. The van der Waals surface area contributed by atoms with Gasteiger partial charge in [0.25, 0.3) is 0 Å². The van der Waals surface area contributed by atoms with Crippen LogP contribution in [-0.2, 0) is 0 Å². The monoisotopic (exact) mass is 275 g/mol. The molecular weight excluding hydrogens is 254 g/mol. The number of nitrogens with one attached hydrogen (secondary N) is 1. The number of H-pyrrole nitrogens is 1. The summed E-state index contributed by atoms with van der Waals surface area (Å²) in [5, 5.41) is 10.4. The molecule has 0 radical (unpaired) electrons.